The van der Waals surface area contributed by atoms with Crippen LogP contribution in [-0.2, 0) is 0 Å². The molecule has 3 aromatic rings. The number of hydrogen-bond acceptors (Lipinski definition) is 7. The van der Waals surface area contributed by atoms with E-state index in [0.29, 0.717) is 6.42 Å². The largest absolute Gasteiger partial charge is 0.497 e. The smallest absolute Gasteiger partial charge is 0.210 e. The number of carbonyl (C=O) groups excluding carboxylic acids is 1. The number of Topliss-reactive ketones (excluding diaryl/α,β-unsaturated/α-hetero) is 1. The van der Waals surface area contributed by atoms with Gasteiger partial charge in [-0.25, -0.2) is 0 Å². The number of thioether (sulfide) groups is 1. The molecular weight excluding hydrogens is 446 g/mol. The van der Waals surface area contributed by atoms with E-state index in [1.807, 2.05) is 48.5 Å². The average Bonchev–Trinajstić information content (AvgIpc) is 3.13. The molecule has 0 aliphatic carbocycles. The summed E-state index contributed by atoms with van der Waals surface area (Å²) < 4.78 is 7.01. The molecule has 0 aliphatic rings. The fraction of sp³-hybridized carbons (Fsp3) is 0.211. The summed E-state index contributed by atoms with van der Waals surface area (Å²) in [6.07, 6.45) is 1.34. The molecule has 1 N–H and O–H groups in total. The molecule has 0 aliphatic heterocycles. The number of hydrogen-bond donors (Lipinski definition) is 1. The predicted molar refractivity (Wildman–Crippen MR) is 115 cm³/mol. The number of methoxy groups -OCH3 is 1. The lowest BCUT2D eigenvalue weighted by atomic mass is 10.1. The van der Waals surface area contributed by atoms with Crippen molar-refractivity contribution in [2.75, 3.05) is 18.2 Å². The Kier molecular flexibility index (Phi) is 7.25. The second-order valence-electron chi connectivity index (χ2n) is 5.61. The second-order valence-corrected chi connectivity index (χ2v) is 8.84. The van der Waals surface area contributed by atoms with Gasteiger partial charge in [-0.1, -0.05) is 51.2 Å². The molecule has 1 heterocycles. The van der Waals surface area contributed by atoms with Crippen molar-refractivity contribution >= 4 is 55.6 Å². The summed E-state index contributed by atoms with van der Waals surface area (Å²) in [4.78, 5) is 12.2. The topological polar surface area (TPSA) is 64.1 Å². The van der Waals surface area contributed by atoms with Crippen LogP contribution < -0.4 is 10.1 Å². The molecule has 0 unspecified atom stereocenters. The molecule has 3 rings (SSSR count). The van der Waals surface area contributed by atoms with Gasteiger partial charge in [-0.15, -0.1) is 10.2 Å². The van der Waals surface area contributed by atoms with E-state index in [1.165, 1.54) is 11.3 Å². The third-order valence-corrected chi connectivity index (χ3v) is 6.27. The lowest BCUT2D eigenvalue weighted by Gasteiger charge is -2.03. The van der Waals surface area contributed by atoms with Crippen LogP contribution in [0, 0.1) is 0 Å². The van der Waals surface area contributed by atoms with Crippen molar-refractivity contribution < 1.29 is 9.53 Å². The first-order valence-electron chi connectivity index (χ1n) is 8.30. The number of benzene rings is 2. The first kappa shape index (κ1) is 19.9. The molecule has 0 saturated carbocycles. The van der Waals surface area contributed by atoms with Gasteiger partial charge in [0.05, 0.1) is 7.11 Å². The van der Waals surface area contributed by atoms with Crippen molar-refractivity contribution in [1.82, 2.24) is 10.2 Å². The van der Waals surface area contributed by atoms with E-state index in [0.717, 1.165) is 43.1 Å². The van der Waals surface area contributed by atoms with Gasteiger partial charge >= 0.3 is 0 Å². The van der Waals surface area contributed by atoms with Crippen molar-refractivity contribution in [3.8, 4) is 5.75 Å². The number of aromatic nitrogens is 2. The second kappa shape index (κ2) is 9.87. The summed E-state index contributed by atoms with van der Waals surface area (Å²) in [5.41, 5.74) is 1.69. The monoisotopic (exact) mass is 463 g/mol. The number of nitrogens with one attached hydrogen (secondary N) is 1. The lowest BCUT2D eigenvalue weighted by Crippen LogP contribution is -1.99. The molecule has 0 atom stereocenters. The molecule has 0 spiro atoms. The molecule has 5 nitrogen and oxygen atoms in total. The van der Waals surface area contributed by atoms with Gasteiger partial charge in [0.15, 0.2) is 10.1 Å². The van der Waals surface area contributed by atoms with Crippen molar-refractivity contribution in [3.05, 3.63) is 58.6 Å². The Morgan fingerprint density at radius 3 is 2.59 bits per heavy atom. The summed E-state index contributed by atoms with van der Waals surface area (Å²) >= 11 is 6.50. The number of anilines is 2. The molecule has 0 fully saturated rings. The zero-order valence-electron chi connectivity index (χ0n) is 14.6. The Bertz CT molecular complexity index is 883. The van der Waals surface area contributed by atoms with Crippen LogP contribution in [0.3, 0.4) is 0 Å². The summed E-state index contributed by atoms with van der Waals surface area (Å²) in [5, 5.41) is 12.3. The van der Waals surface area contributed by atoms with Crippen molar-refractivity contribution in [2.45, 2.75) is 17.2 Å². The van der Waals surface area contributed by atoms with Crippen LogP contribution in [0.1, 0.15) is 23.2 Å². The molecular formula is C19H18BrN3O2S2. The molecule has 1 aromatic heterocycles. The Hall–Kier alpha value is -1.90. The third kappa shape index (κ3) is 6.05. The Morgan fingerprint density at radius 2 is 1.89 bits per heavy atom. The quantitative estimate of drug-likeness (QED) is 0.245. The fourth-order valence-corrected chi connectivity index (χ4v) is 4.34. The highest BCUT2D eigenvalue weighted by atomic mass is 79.9. The van der Waals surface area contributed by atoms with Crippen LogP contribution >= 0.6 is 39.0 Å². The van der Waals surface area contributed by atoms with Crippen molar-refractivity contribution in [3.63, 3.8) is 0 Å². The minimum absolute atomic E-state index is 0.169. The molecule has 0 saturated heterocycles. The predicted octanol–water partition coefficient (Wildman–Crippen LogP) is 5.81. The molecule has 0 amide bonds. The van der Waals surface area contributed by atoms with Gasteiger partial charge in [0, 0.05) is 27.9 Å². The summed E-state index contributed by atoms with van der Waals surface area (Å²) in [6, 6.07) is 15.1. The van der Waals surface area contributed by atoms with Gasteiger partial charge in [0.25, 0.3) is 0 Å². The van der Waals surface area contributed by atoms with E-state index in [4.69, 9.17) is 4.74 Å². The number of ketones is 1. The third-order valence-electron chi connectivity index (χ3n) is 3.69. The highest BCUT2D eigenvalue weighted by Crippen LogP contribution is 2.29. The van der Waals surface area contributed by atoms with Crippen molar-refractivity contribution in [1.29, 1.82) is 0 Å². The Morgan fingerprint density at radius 1 is 1.15 bits per heavy atom. The molecule has 0 bridgehead atoms. The molecule has 140 valence electrons. The summed E-state index contributed by atoms with van der Waals surface area (Å²) in [5.74, 6) is 1.81. The van der Waals surface area contributed by atoms with E-state index in [-0.39, 0.29) is 5.78 Å². The highest BCUT2D eigenvalue weighted by Gasteiger charge is 2.08. The molecule has 2 aromatic carbocycles. The maximum absolute atomic E-state index is 12.2. The number of nitrogens with zero attached hydrogens (tertiary/aromatic N) is 2. The van der Waals surface area contributed by atoms with E-state index in [2.05, 4.69) is 31.4 Å². The first-order valence-corrected chi connectivity index (χ1v) is 10.9. The maximum Gasteiger partial charge on any atom is 0.210 e. The molecule has 0 radical (unpaired) electrons. The minimum atomic E-state index is 0.169. The lowest BCUT2D eigenvalue weighted by molar-refractivity contribution is 0.0982. The van der Waals surface area contributed by atoms with Gasteiger partial charge in [0.2, 0.25) is 5.13 Å². The number of carbonyl (C=O) groups is 1. The standard InChI is InChI=1S/C19H18BrN3O2S2/c1-25-16-10-8-15(9-11-16)21-18-22-23-19(27-18)26-12-2-3-17(24)13-4-6-14(20)7-5-13/h4-11H,2-3,12H2,1H3,(H,21,22). The van der Waals surface area contributed by atoms with Crippen LogP contribution in [0.4, 0.5) is 10.8 Å². The van der Waals surface area contributed by atoms with Gasteiger partial charge in [-0.05, 0) is 42.8 Å². The summed E-state index contributed by atoms with van der Waals surface area (Å²) in [6.45, 7) is 0. The van der Waals surface area contributed by atoms with Gasteiger partial charge in [0.1, 0.15) is 5.75 Å². The van der Waals surface area contributed by atoms with Gasteiger partial charge < -0.3 is 10.1 Å². The van der Waals surface area contributed by atoms with E-state index in [1.54, 1.807) is 18.9 Å². The Labute approximate surface area is 174 Å². The van der Waals surface area contributed by atoms with E-state index >= 15 is 0 Å². The van der Waals surface area contributed by atoms with Crippen LogP contribution in [0.5, 0.6) is 5.75 Å². The fourth-order valence-electron chi connectivity index (χ4n) is 2.29. The number of ether oxygens (including phenoxy) is 1. The first-order chi connectivity index (χ1) is 13.1. The van der Waals surface area contributed by atoms with Crippen LogP contribution in [0.25, 0.3) is 0 Å². The molecule has 27 heavy (non-hydrogen) atoms. The zero-order valence-corrected chi connectivity index (χ0v) is 17.9. The SMILES string of the molecule is COc1ccc(Nc2nnc(SCCCC(=O)c3ccc(Br)cc3)s2)cc1. The molecule has 8 heteroatoms. The number of halogens is 1. The van der Waals surface area contributed by atoms with Gasteiger partial charge in [-0.2, -0.15) is 0 Å². The van der Waals surface area contributed by atoms with Gasteiger partial charge in [-0.3, -0.25) is 4.79 Å². The minimum Gasteiger partial charge on any atom is -0.497 e. The van der Waals surface area contributed by atoms with E-state index in [9.17, 15) is 4.79 Å². The summed E-state index contributed by atoms with van der Waals surface area (Å²) in [7, 11) is 1.64. The van der Waals surface area contributed by atoms with E-state index < -0.39 is 0 Å². The van der Waals surface area contributed by atoms with Crippen LogP contribution in [0.15, 0.2) is 57.3 Å². The van der Waals surface area contributed by atoms with Crippen LogP contribution in [0.2, 0.25) is 0 Å². The zero-order chi connectivity index (χ0) is 19.1. The van der Waals surface area contributed by atoms with Crippen molar-refractivity contribution in [2.24, 2.45) is 0 Å². The van der Waals surface area contributed by atoms with Crippen LogP contribution in [-0.4, -0.2) is 28.8 Å². The maximum atomic E-state index is 12.2. The Balaban J connectivity index is 1.42. The average molecular weight is 464 g/mol. The normalized spacial score (nSPS) is 10.6. The number of rotatable bonds is 9. The highest BCUT2D eigenvalue weighted by molar-refractivity contribution is 9.10.